The van der Waals surface area contributed by atoms with Crippen LogP contribution in [-0.2, 0) is 4.79 Å². The molecule has 7 heteroatoms. The predicted molar refractivity (Wildman–Crippen MR) is 92.9 cm³/mol. The van der Waals surface area contributed by atoms with Crippen molar-refractivity contribution in [1.82, 2.24) is 5.32 Å². The third-order valence-corrected chi connectivity index (χ3v) is 3.00. The highest BCUT2D eigenvalue weighted by molar-refractivity contribution is 7.80. The van der Waals surface area contributed by atoms with Gasteiger partial charge in [-0.05, 0) is 48.1 Å². The molecule has 0 fully saturated rings. The number of nitro benzene ring substituents is 1. The molecule has 2 rings (SSSR count). The van der Waals surface area contributed by atoms with Crippen molar-refractivity contribution in [3.05, 3.63) is 76.4 Å². The lowest BCUT2D eigenvalue weighted by atomic mass is 10.2. The molecule has 0 atom stereocenters. The van der Waals surface area contributed by atoms with Crippen molar-refractivity contribution in [2.75, 3.05) is 5.32 Å². The molecule has 0 saturated carbocycles. The van der Waals surface area contributed by atoms with E-state index in [0.717, 1.165) is 5.69 Å². The van der Waals surface area contributed by atoms with Crippen LogP contribution in [0.5, 0.6) is 0 Å². The molecule has 0 spiro atoms. The maximum absolute atomic E-state index is 11.8. The largest absolute Gasteiger partial charge is 0.332 e. The van der Waals surface area contributed by atoms with Crippen molar-refractivity contribution >= 4 is 40.7 Å². The van der Waals surface area contributed by atoms with Gasteiger partial charge in [0.05, 0.1) is 4.92 Å². The van der Waals surface area contributed by atoms with Gasteiger partial charge in [0.1, 0.15) is 0 Å². The number of hydrogen-bond acceptors (Lipinski definition) is 4. The van der Waals surface area contributed by atoms with Crippen LogP contribution in [0.4, 0.5) is 11.4 Å². The van der Waals surface area contributed by atoms with E-state index in [4.69, 9.17) is 12.2 Å². The predicted octanol–water partition coefficient (Wildman–Crippen LogP) is 3.12. The van der Waals surface area contributed by atoms with E-state index in [1.165, 1.54) is 18.2 Å². The number of para-hydroxylation sites is 1. The van der Waals surface area contributed by atoms with Gasteiger partial charge in [0, 0.05) is 23.9 Å². The molecular weight excluding hydrogens is 314 g/mol. The molecule has 2 aromatic carbocycles. The fraction of sp³-hybridized carbons (Fsp3) is 0. The van der Waals surface area contributed by atoms with Gasteiger partial charge in [0.2, 0.25) is 5.91 Å². The Labute approximate surface area is 138 Å². The number of anilines is 1. The number of nitrogens with zero attached hydrogens (tertiary/aromatic N) is 1. The first-order chi connectivity index (χ1) is 11.0. The number of thiocarbonyl (C=S) groups is 1. The lowest BCUT2D eigenvalue weighted by Gasteiger charge is -2.07. The zero-order valence-electron chi connectivity index (χ0n) is 11.9. The molecule has 23 heavy (non-hydrogen) atoms. The van der Waals surface area contributed by atoms with E-state index >= 15 is 0 Å². The van der Waals surface area contributed by atoms with Crippen molar-refractivity contribution < 1.29 is 9.72 Å². The number of nitrogens with one attached hydrogen (secondary N) is 2. The molecule has 6 nitrogen and oxygen atoms in total. The van der Waals surface area contributed by atoms with Crippen LogP contribution < -0.4 is 10.6 Å². The summed E-state index contributed by atoms with van der Waals surface area (Å²) in [5, 5.41) is 16.1. The number of carbonyl (C=O) groups is 1. The summed E-state index contributed by atoms with van der Waals surface area (Å²) in [6.45, 7) is 0. The highest BCUT2D eigenvalue weighted by atomic mass is 32.1. The first-order valence-electron chi connectivity index (χ1n) is 6.64. The van der Waals surface area contributed by atoms with E-state index in [2.05, 4.69) is 10.6 Å². The monoisotopic (exact) mass is 327 g/mol. The van der Waals surface area contributed by atoms with Crippen molar-refractivity contribution in [2.24, 2.45) is 0 Å². The third kappa shape index (κ3) is 5.33. The Morgan fingerprint density at radius 2 is 1.74 bits per heavy atom. The van der Waals surface area contributed by atoms with Crippen LogP contribution in [-0.4, -0.2) is 15.9 Å². The minimum Gasteiger partial charge on any atom is -0.332 e. The lowest BCUT2D eigenvalue weighted by molar-refractivity contribution is -0.384. The Balaban J connectivity index is 1.88. The molecule has 2 aromatic rings. The minimum absolute atomic E-state index is 0.000148. The van der Waals surface area contributed by atoms with E-state index in [-0.39, 0.29) is 10.8 Å². The fourth-order valence-corrected chi connectivity index (χ4v) is 1.93. The van der Waals surface area contributed by atoms with E-state index in [1.807, 2.05) is 30.3 Å². The average molecular weight is 327 g/mol. The molecule has 0 aliphatic rings. The van der Waals surface area contributed by atoms with E-state index in [9.17, 15) is 14.9 Å². The van der Waals surface area contributed by atoms with Gasteiger partial charge in [-0.3, -0.25) is 20.2 Å². The molecule has 0 unspecified atom stereocenters. The van der Waals surface area contributed by atoms with Crippen LogP contribution in [0, 0.1) is 10.1 Å². The Bertz CT molecular complexity index is 743. The highest BCUT2D eigenvalue weighted by Gasteiger charge is 2.03. The molecule has 0 heterocycles. The van der Waals surface area contributed by atoms with Crippen molar-refractivity contribution in [3.8, 4) is 0 Å². The molecule has 0 saturated heterocycles. The van der Waals surface area contributed by atoms with Crippen molar-refractivity contribution in [1.29, 1.82) is 0 Å². The number of carbonyl (C=O) groups excluding carboxylic acids is 1. The van der Waals surface area contributed by atoms with Crippen LogP contribution in [0.25, 0.3) is 6.08 Å². The van der Waals surface area contributed by atoms with E-state index in [1.54, 1.807) is 18.2 Å². The second-order valence-electron chi connectivity index (χ2n) is 4.49. The number of nitro groups is 1. The molecule has 0 bridgehead atoms. The smallest absolute Gasteiger partial charge is 0.269 e. The minimum atomic E-state index is -0.478. The Kier molecular flexibility index (Phi) is 5.54. The molecule has 0 radical (unpaired) electrons. The highest BCUT2D eigenvalue weighted by Crippen LogP contribution is 2.12. The summed E-state index contributed by atoms with van der Waals surface area (Å²) < 4.78 is 0. The van der Waals surface area contributed by atoms with Gasteiger partial charge >= 0.3 is 0 Å². The van der Waals surface area contributed by atoms with E-state index < -0.39 is 10.8 Å². The molecule has 116 valence electrons. The van der Waals surface area contributed by atoms with Gasteiger partial charge in [-0.15, -0.1) is 0 Å². The third-order valence-electron chi connectivity index (χ3n) is 2.80. The number of benzene rings is 2. The second-order valence-corrected chi connectivity index (χ2v) is 4.90. The maximum Gasteiger partial charge on any atom is 0.269 e. The number of hydrogen-bond donors (Lipinski definition) is 2. The molecular formula is C16H13N3O3S. The summed E-state index contributed by atoms with van der Waals surface area (Å²) >= 11 is 5.04. The molecule has 2 N–H and O–H groups in total. The fourth-order valence-electron chi connectivity index (χ4n) is 1.72. The zero-order chi connectivity index (χ0) is 16.7. The topological polar surface area (TPSA) is 84.3 Å². The van der Waals surface area contributed by atoms with Gasteiger partial charge in [-0.2, -0.15) is 0 Å². The summed E-state index contributed by atoms with van der Waals surface area (Å²) in [6.07, 6.45) is 2.85. The lowest BCUT2D eigenvalue weighted by Crippen LogP contribution is -2.32. The first kappa shape index (κ1) is 16.3. The van der Waals surface area contributed by atoms with Crippen LogP contribution in [0.15, 0.2) is 60.7 Å². The Morgan fingerprint density at radius 1 is 1.09 bits per heavy atom. The zero-order valence-corrected chi connectivity index (χ0v) is 12.7. The SMILES string of the molecule is O=C(/C=C/c1ccc([N+](=O)[O-])cc1)NC(=S)Nc1ccccc1. The standard InChI is InChI=1S/C16H13N3O3S/c20-15(18-16(23)17-13-4-2-1-3-5-13)11-8-12-6-9-14(10-7-12)19(21)22/h1-11H,(H2,17,18,20,23)/b11-8+. The second kappa shape index (κ2) is 7.81. The Morgan fingerprint density at radius 3 is 2.35 bits per heavy atom. The summed E-state index contributed by atoms with van der Waals surface area (Å²) in [5.41, 5.74) is 1.45. The van der Waals surface area contributed by atoms with Crippen molar-refractivity contribution in [3.63, 3.8) is 0 Å². The summed E-state index contributed by atoms with van der Waals surface area (Å²) in [7, 11) is 0. The van der Waals surface area contributed by atoms with Crippen LogP contribution in [0.3, 0.4) is 0 Å². The van der Waals surface area contributed by atoms with Gasteiger partial charge < -0.3 is 5.32 Å². The summed E-state index contributed by atoms with van der Waals surface area (Å²) in [6, 6.07) is 15.1. The molecule has 0 aliphatic heterocycles. The Hall–Kier alpha value is -3.06. The maximum atomic E-state index is 11.8. The molecule has 1 amide bonds. The first-order valence-corrected chi connectivity index (χ1v) is 7.05. The van der Waals surface area contributed by atoms with Gasteiger partial charge in [0.25, 0.3) is 5.69 Å². The normalized spacial score (nSPS) is 10.3. The summed E-state index contributed by atoms with van der Waals surface area (Å²) in [4.78, 5) is 21.8. The van der Waals surface area contributed by atoms with E-state index in [0.29, 0.717) is 5.56 Å². The molecule has 0 aromatic heterocycles. The van der Waals surface area contributed by atoms with Gasteiger partial charge in [0.15, 0.2) is 5.11 Å². The van der Waals surface area contributed by atoms with Crippen LogP contribution >= 0.6 is 12.2 Å². The van der Waals surface area contributed by atoms with Gasteiger partial charge in [-0.25, -0.2) is 0 Å². The number of amides is 1. The molecule has 0 aliphatic carbocycles. The number of rotatable bonds is 4. The van der Waals surface area contributed by atoms with Crippen molar-refractivity contribution in [2.45, 2.75) is 0 Å². The number of non-ortho nitro benzene ring substituents is 1. The van der Waals surface area contributed by atoms with Gasteiger partial charge in [-0.1, -0.05) is 18.2 Å². The average Bonchev–Trinajstić information content (AvgIpc) is 2.54. The van der Waals surface area contributed by atoms with Crippen LogP contribution in [0.2, 0.25) is 0 Å². The van der Waals surface area contributed by atoms with Crippen LogP contribution in [0.1, 0.15) is 5.56 Å². The quantitative estimate of drug-likeness (QED) is 0.390. The summed E-state index contributed by atoms with van der Waals surface area (Å²) in [5.74, 6) is -0.392.